The fourth-order valence-corrected chi connectivity index (χ4v) is 2.95. The molecule has 17 heavy (non-hydrogen) atoms. The lowest BCUT2D eigenvalue weighted by atomic mass is 9.95. The van der Waals surface area contributed by atoms with E-state index in [1.807, 2.05) is 0 Å². The lowest BCUT2D eigenvalue weighted by Crippen LogP contribution is -2.41. The number of carbonyl (C=O) groups is 1. The smallest absolute Gasteiger partial charge is 0.251 e. The van der Waals surface area contributed by atoms with Crippen LogP contribution in [0.2, 0.25) is 0 Å². The number of nitrogens with one attached hydrogen (secondary N) is 1. The van der Waals surface area contributed by atoms with Crippen molar-refractivity contribution in [3.8, 4) is 0 Å². The third-order valence-electron chi connectivity index (χ3n) is 3.41. The van der Waals surface area contributed by atoms with Crippen molar-refractivity contribution in [2.24, 2.45) is 0 Å². The minimum absolute atomic E-state index is 0.0470. The summed E-state index contributed by atoms with van der Waals surface area (Å²) in [7, 11) is 0. The first-order valence-electron chi connectivity index (χ1n) is 5.80. The Morgan fingerprint density at radius 1 is 1.53 bits per heavy atom. The lowest BCUT2D eigenvalue weighted by molar-refractivity contribution is 0.0841. The highest BCUT2D eigenvalue weighted by Gasteiger charge is 2.41. The molecule has 0 saturated carbocycles. The van der Waals surface area contributed by atoms with Crippen molar-refractivity contribution in [2.45, 2.75) is 37.5 Å². The Bertz CT molecular complexity index is 452. The van der Waals surface area contributed by atoms with Gasteiger partial charge in [0.1, 0.15) is 4.60 Å². The highest BCUT2D eigenvalue weighted by Crippen LogP contribution is 2.34. The van der Waals surface area contributed by atoms with Crippen LogP contribution in [0.25, 0.3) is 0 Å². The normalized spacial score (nSPS) is 30.5. The van der Waals surface area contributed by atoms with Gasteiger partial charge in [-0.1, -0.05) is 0 Å². The molecule has 90 valence electrons. The van der Waals surface area contributed by atoms with E-state index in [0.717, 1.165) is 19.3 Å². The molecule has 2 saturated heterocycles. The fourth-order valence-electron chi connectivity index (χ4n) is 2.59. The van der Waals surface area contributed by atoms with Gasteiger partial charge in [-0.3, -0.25) is 4.79 Å². The highest BCUT2D eigenvalue weighted by molar-refractivity contribution is 9.10. The molecule has 3 rings (SSSR count). The van der Waals surface area contributed by atoms with Crippen LogP contribution in [0.3, 0.4) is 0 Å². The topological polar surface area (TPSA) is 51.2 Å². The zero-order valence-electron chi connectivity index (χ0n) is 9.23. The first-order chi connectivity index (χ1) is 8.22. The van der Waals surface area contributed by atoms with Crippen molar-refractivity contribution in [1.82, 2.24) is 10.3 Å². The Balaban J connectivity index is 1.68. The summed E-state index contributed by atoms with van der Waals surface area (Å²) in [6.07, 6.45) is 5.34. The molecule has 1 aromatic heterocycles. The van der Waals surface area contributed by atoms with Gasteiger partial charge in [0.15, 0.2) is 0 Å². The molecule has 2 aliphatic heterocycles. The SMILES string of the molecule is O=C(NC1CC2CCC1O2)c1ccnc(Br)c1. The van der Waals surface area contributed by atoms with Gasteiger partial charge in [-0.05, 0) is 47.3 Å². The zero-order chi connectivity index (χ0) is 11.8. The van der Waals surface area contributed by atoms with Gasteiger partial charge in [0.25, 0.3) is 5.91 Å². The van der Waals surface area contributed by atoms with Crippen LogP contribution < -0.4 is 5.32 Å². The molecule has 0 aliphatic carbocycles. The van der Waals surface area contributed by atoms with Gasteiger partial charge in [-0.2, -0.15) is 0 Å². The summed E-state index contributed by atoms with van der Waals surface area (Å²) in [6.45, 7) is 0. The number of pyridine rings is 1. The highest BCUT2D eigenvalue weighted by atomic mass is 79.9. The van der Waals surface area contributed by atoms with Crippen LogP contribution in [-0.2, 0) is 4.74 Å². The van der Waals surface area contributed by atoms with Crippen molar-refractivity contribution in [3.05, 3.63) is 28.5 Å². The molecular formula is C12H13BrN2O2. The Kier molecular flexibility index (Phi) is 2.88. The van der Waals surface area contributed by atoms with E-state index >= 15 is 0 Å². The molecule has 1 N–H and O–H groups in total. The van der Waals surface area contributed by atoms with E-state index in [1.54, 1.807) is 18.3 Å². The Morgan fingerprint density at radius 2 is 2.41 bits per heavy atom. The maximum absolute atomic E-state index is 12.0. The van der Waals surface area contributed by atoms with Crippen LogP contribution in [0.15, 0.2) is 22.9 Å². The van der Waals surface area contributed by atoms with E-state index in [0.29, 0.717) is 16.3 Å². The molecule has 3 heterocycles. The van der Waals surface area contributed by atoms with E-state index in [2.05, 4.69) is 26.2 Å². The van der Waals surface area contributed by atoms with Crippen LogP contribution in [0.1, 0.15) is 29.6 Å². The number of amides is 1. The summed E-state index contributed by atoms with van der Waals surface area (Å²) in [6, 6.07) is 3.62. The Hall–Kier alpha value is -0.940. The molecule has 3 atom stereocenters. The number of fused-ring (bicyclic) bond motifs is 2. The molecule has 4 nitrogen and oxygen atoms in total. The number of aromatic nitrogens is 1. The maximum atomic E-state index is 12.0. The van der Waals surface area contributed by atoms with Crippen LogP contribution in [-0.4, -0.2) is 29.1 Å². The molecule has 2 fully saturated rings. The second-order valence-corrected chi connectivity index (χ2v) is 5.37. The fraction of sp³-hybridized carbons (Fsp3) is 0.500. The van der Waals surface area contributed by atoms with Gasteiger partial charge >= 0.3 is 0 Å². The Labute approximate surface area is 108 Å². The molecule has 0 radical (unpaired) electrons. The molecular weight excluding hydrogens is 284 g/mol. The van der Waals surface area contributed by atoms with Crippen LogP contribution in [0, 0.1) is 0 Å². The number of hydrogen-bond donors (Lipinski definition) is 1. The molecule has 0 aromatic carbocycles. The van der Waals surface area contributed by atoms with Gasteiger partial charge in [-0.15, -0.1) is 0 Å². The van der Waals surface area contributed by atoms with E-state index in [-0.39, 0.29) is 18.1 Å². The standard InChI is InChI=1S/C12H13BrN2O2/c13-11-5-7(3-4-14-11)12(16)15-9-6-8-1-2-10(9)17-8/h3-5,8-10H,1-2,6H2,(H,15,16). The second kappa shape index (κ2) is 4.38. The molecule has 2 bridgehead atoms. The second-order valence-electron chi connectivity index (χ2n) is 4.56. The first-order valence-corrected chi connectivity index (χ1v) is 6.59. The van der Waals surface area contributed by atoms with E-state index in [9.17, 15) is 4.79 Å². The number of rotatable bonds is 2. The van der Waals surface area contributed by atoms with Crippen LogP contribution in [0.5, 0.6) is 0 Å². The quantitative estimate of drug-likeness (QED) is 0.848. The molecule has 1 aromatic rings. The zero-order valence-corrected chi connectivity index (χ0v) is 10.8. The summed E-state index contributed by atoms with van der Waals surface area (Å²) >= 11 is 3.26. The third-order valence-corrected chi connectivity index (χ3v) is 3.84. The summed E-state index contributed by atoms with van der Waals surface area (Å²) in [5, 5.41) is 3.04. The van der Waals surface area contributed by atoms with Gasteiger partial charge < -0.3 is 10.1 Å². The van der Waals surface area contributed by atoms with Gasteiger partial charge in [0.2, 0.25) is 0 Å². The van der Waals surface area contributed by atoms with E-state index in [1.165, 1.54) is 0 Å². The van der Waals surface area contributed by atoms with E-state index < -0.39 is 0 Å². The third kappa shape index (κ3) is 2.21. The number of hydrogen-bond acceptors (Lipinski definition) is 3. The average molecular weight is 297 g/mol. The number of ether oxygens (including phenoxy) is 1. The number of halogens is 1. The van der Waals surface area contributed by atoms with Crippen molar-refractivity contribution in [3.63, 3.8) is 0 Å². The van der Waals surface area contributed by atoms with Gasteiger partial charge in [0.05, 0.1) is 18.2 Å². The molecule has 5 heteroatoms. The summed E-state index contributed by atoms with van der Waals surface area (Å²) < 4.78 is 6.38. The number of nitrogens with zero attached hydrogens (tertiary/aromatic N) is 1. The van der Waals surface area contributed by atoms with Crippen LogP contribution in [0.4, 0.5) is 0 Å². The Morgan fingerprint density at radius 3 is 3.06 bits per heavy atom. The monoisotopic (exact) mass is 296 g/mol. The minimum atomic E-state index is -0.0470. The van der Waals surface area contributed by atoms with Crippen molar-refractivity contribution < 1.29 is 9.53 Å². The minimum Gasteiger partial charge on any atom is -0.373 e. The molecule has 2 aliphatic rings. The molecule has 3 unspecified atom stereocenters. The van der Waals surface area contributed by atoms with Gasteiger partial charge in [0, 0.05) is 11.8 Å². The van der Waals surface area contributed by atoms with Crippen LogP contribution >= 0.6 is 15.9 Å². The van der Waals surface area contributed by atoms with Crippen molar-refractivity contribution in [1.29, 1.82) is 0 Å². The molecule has 1 amide bonds. The summed E-state index contributed by atoms with van der Waals surface area (Å²) in [5.74, 6) is -0.0470. The lowest BCUT2D eigenvalue weighted by Gasteiger charge is -2.19. The average Bonchev–Trinajstić information content (AvgIpc) is 2.91. The van der Waals surface area contributed by atoms with E-state index in [4.69, 9.17) is 4.74 Å². The predicted molar refractivity (Wildman–Crippen MR) is 65.7 cm³/mol. The maximum Gasteiger partial charge on any atom is 0.251 e. The summed E-state index contributed by atoms with van der Waals surface area (Å²) in [5.41, 5.74) is 0.634. The number of carbonyl (C=O) groups excluding carboxylic acids is 1. The predicted octanol–water partition coefficient (Wildman–Crippen LogP) is 1.89. The first kappa shape index (κ1) is 11.2. The van der Waals surface area contributed by atoms with Crippen molar-refractivity contribution >= 4 is 21.8 Å². The molecule has 0 spiro atoms. The van der Waals surface area contributed by atoms with Crippen molar-refractivity contribution in [2.75, 3.05) is 0 Å². The summed E-state index contributed by atoms with van der Waals surface area (Å²) in [4.78, 5) is 16.0. The largest absolute Gasteiger partial charge is 0.373 e. The van der Waals surface area contributed by atoms with Gasteiger partial charge in [-0.25, -0.2) is 4.98 Å².